The number of carboxylic acids is 1. The van der Waals surface area contributed by atoms with Crippen LogP contribution in [0.4, 0.5) is 4.79 Å². The second kappa shape index (κ2) is 6.39. The molecule has 0 radical (unpaired) electrons. The van der Waals surface area contributed by atoms with E-state index in [4.69, 9.17) is 5.11 Å². The Bertz CT molecular complexity index is 269. The number of hydrogen-bond acceptors (Lipinski definition) is 3. The summed E-state index contributed by atoms with van der Waals surface area (Å²) >= 11 is 0. The highest BCUT2D eigenvalue weighted by Crippen LogP contribution is 1.89. The Kier molecular flexibility index (Phi) is 5.92. The lowest BCUT2D eigenvalue weighted by atomic mass is 10.3. The summed E-state index contributed by atoms with van der Waals surface area (Å²) in [6.07, 6.45) is 1.55. The van der Waals surface area contributed by atoms with Crippen LogP contribution in [0.3, 0.4) is 0 Å². The molecule has 2 unspecified atom stereocenters. The maximum Gasteiger partial charge on any atom is 0.325 e. The number of aliphatic carboxylic acids is 1. The minimum absolute atomic E-state index is 0.157. The molecule has 0 rings (SSSR count). The molecule has 2 amide bonds. The fourth-order valence-electron chi connectivity index (χ4n) is 0.663. The zero-order valence-corrected chi connectivity index (χ0v) is 9.76. The summed E-state index contributed by atoms with van der Waals surface area (Å²) in [7, 11) is -1.01. The molecule has 0 aromatic rings. The summed E-state index contributed by atoms with van der Waals surface area (Å²) in [5.41, 5.74) is 0. The molecular formula is C8H16N2O4S. The van der Waals surface area contributed by atoms with Gasteiger partial charge in [0.25, 0.3) is 0 Å². The fraction of sp³-hybridized carbons (Fsp3) is 0.750. The van der Waals surface area contributed by atoms with Crippen molar-refractivity contribution in [3.63, 3.8) is 0 Å². The summed E-state index contributed by atoms with van der Waals surface area (Å²) in [5.74, 6) is -1.10. The van der Waals surface area contributed by atoms with Crippen molar-refractivity contribution < 1.29 is 18.9 Å². The lowest BCUT2D eigenvalue weighted by molar-refractivity contribution is -0.138. The Morgan fingerprint density at radius 1 is 1.40 bits per heavy atom. The highest BCUT2D eigenvalue weighted by molar-refractivity contribution is 7.84. The number of rotatable bonds is 5. The second-order valence-corrected chi connectivity index (χ2v) is 5.03. The molecule has 3 N–H and O–H groups in total. The summed E-state index contributed by atoms with van der Waals surface area (Å²) in [4.78, 5) is 21.5. The van der Waals surface area contributed by atoms with Crippen LogP contribution in [0.25, 0.3) is 0 Å². The van der Waals surface area contributed by atoms with Crippen LogP contribution in [-0.2, 0) is 15.6 Å². The molecule has 15 heavy (non-hydrogen) atoms. The van der Waals surface area contributed by atoms with E-state index in [0.717, 1.165) is 0 Å². The fourth-order valence-corrected chi connectivity index (χ4v) is 0.981. The molecular weight excluding hydrogens is 220 g/mol. The van der Waals surface area contributed by atoms with E-state index >= 15 is 0 Å². The Morgan fingerprint density at radius 2 is 1.93 bits per heavy atom. The van der Waals surface area contributed by atoms with Crippen molar-refractivity contribution in [2.24, 2.45) is 0 Å². The van der Waals surface area contributed by atoms with E-state index in [-0.39, 0.29) is 11.8 Å². The third-order valence-corrected chi connectivity index (χ3v) is 3.13. The first-order chi connectivity index (χ1) is 6.84. The number of amides is 2. The minimum atomic E-state index is -1.10. The zero-order valence-electron chi connectivity index (χ0n) is 8.94. The highest BCUT2D eigenvalue weighted by Gasteiger charge is 2.14. The first-order valence-electron chi connectivity index (χ1n) is 4.44. The summed E-state index contributed by atoms with van der Waals surface area (Å²) < 4.78 is 10.9. The van der Waals surface area contributed by atoms with Crippen molar-refractivity contribution in [1.82, 2.24) is 10.6 Å². The lowest BCUT2D eigenvalue weighted by Gasteiger charge is -2.12. The van der Waals surface area contributed by atoms with Gasteiger partial charge < -0.3 is 15.7 Å². The number of carbonyl (C=O) groups excluding carboxylic acids is 1. The summed E-state index contributed by atoms with van der Waals surface area (Å²) in [6.45, 7) is 3.35. The molecule has 0 saturated carbocycles. The zero-order chi connectivity index (χ0) is 12.0. The average molecular weight is 236 g/mol. The minimum Gasteiger partial charge on any atom is -0.480 e. The first kappa shape index (κ1) is 13.9. The standard InChI is InChI=1S/C8H16N2O4S/c1-5(15(3)14)4-9-8(13)10-6(2)7(11)12/h5-6H,4H2,1-3H3,(H,11,12)(H2,9,10,13)/t5?,6-,15?/m0/s1. The van der Waals surface area contributed by atoms with Crippen molar-refractivity contribution in [3.8, 4) is 0 Å². The SMILES string of the molecule is CC(CNC(=O)N[C@@H](C)C(=O)O)S(C)=O. The Hall–Kier alpha value is -1.11. The molecule has 0 saturated heterocycles. The van der Waals surface area contributed by atoms with Crippen molar-refractivity contribution in [1.29, 1.82) is 0 Å². The monoisotopic (exact) mass is 236 g/mol. The number of hydrogen-bond donors (Lipinski definition) is 3. The maximum absolute atomic E-state index is 11.1. The molecule has 0 aliphatic carbocycles. The van der Waals surface area contributed by atoms with Gasteiger partial charge in [0, 0.05) is 28.9 Å². The molecule has 0 fully saturated rings. The van der Waals surface area contributed by atoms with Gasteiger partial charge in [-0.15, -0.1) is 0 Å². The van der Waals surface area contributed by atoms with Gasteiger partial charge in [-0.2, -0.15) is 0 Å². The molecule has 7 heteroatoms. The third kappa shape index (κ3) is 6.05. The number of carbonyl (C=O) groups is 2. The van der Waals surface area contributed by atoms with Crippen molar-refractivity contribution >= 4 is 22.8 Å². The normalized spacial score (nSPS) is 16.2. The lowest BCUT2D eigenvalue weighted by Crippen LogP contribution is -2.46. The van der Waals surface area contributed by atoms with Crippen LogP contribution >= 0.6 is 0 Å². The van der Waals surface area contributed by atoms with Gasteiger partial charge in [-0.05, 0) is 13.8 Å². The Labute approximate surface area is 90.9 Å². The van der Waals surface area contributed by atoms with Gasteiger partial charge in [0.2, 0.25) is 0 Å². The molecule has 0 aliphatic rings. The number of nitrogens with one attached hydrogen (secondary N) is 2. The quantitative estimate of drug-likeness (QED) is 0.601. The molecule has 3 atom stereocenters. The van der Waals surface area contributed by atoms with Gasteiger partial charge >= 0.3 is 12.0 Å². The number of carboxylic acid groups (broad SMARTS) is 1. The van der Waals surface area contributed by atoms with Crippen LogP contribution in [0.1, 0.15) is 13.8 Å². The maximum atomic E-state index is 11.1. The van der Waals surface area contributed by atoms with Gasteiger partial charge in [0.15, 0.2) is 0 Å². The predicted molar refractivity (Wildman–Crippen MR) is 57.2 cm³/mol. The smallest absolute Gasteiger partial charge is 0.325 e. The van der Waals surface area contributed by atoms with E-state index in [1.165, 1.54) is 6.92 Å². The molecule has 0 aromatic carbocycles. The van der Waals surface area contributed by atoms with Crippen LogP contribution < -0.4 is 10.6 Å². The van der Waals surface area contributed by atoms with E-state index < -0.39 is 28.8 Å². The molecule has 0 heterocycles. The molecule has 88 valence electrons. The predicted octanol–water partition coefficient (Wildman–Crippen LogP) is -0.474. The largest absolute Gasteiger partial charge is 0.480 e. The van der Waals surface area contributed by atoms with Crippen molar-refractivity contribution in [2.45, 2.75) is 25.1 Å². The molecule has 0 spiro atoms. The first-order valence-corrected chi connectivity index (χ1v) is 6.06. The van der Waals surface area contributed by atoms with Gasteiger partial charge in [-0.1, -0.05) is 0 Å². The van der Waals surface area contributed by atoms with E-state index in [0.29, 0.717) is 0 Å². The van der Waals surface area contributed by atoms with Crippen LogP contribution in [0.15, 0.2) is 0 Å². The summed E-state index contributed by atoms with van der Waals surface area (Å²) in [6, 6.07) is -1.50. The average Bonchev–Trinajstić information content (AvgIpc) is 2.13. The second-order valence-electron chi connectivity index (χ2n) is 3.22. The van der Waals surface area contributed by atoms with Crippen LogP contribution in [0, 0.1) is 0 Å². The topological polar surface area (TPSA) is 95.5 Å². The molecule has 0 aromatic heterocycles. The Morgan fingerprint density at radius 3 is 2.33 bits per heavy atom. The highest BCUT2D eigenvalue weighted by atomic mass is 32.2. The van der Waals surface area contributed by atoms with Crippen LogP contribution in [0.5, 0.6) is 0 Å². The summed E-state index contributed by atoms with van der Waals surface area (Å²) in [5, 5.41) is 13.0. The van der Waals surface area contributed by atoms with E-state index in [1.807, 2.05) is 0 Å². The Balaban J connectivity index is 3.85. The van der Waals surface area contributed by atoms with E-state index in [9.17, 15) is 13.8 Å². The third-order valence-electron chi connectivity index (χ3n) is 1.83. The van der Waals surface area contributed by atoms with Gasteiger partial charge in [0.1, 0.15) is 6.04 Å². The van der Waals surface area contributed by atoms with Gasteiger partial charge in [0.05, 0.1) is 0 Å². The van der Waals surface area contributed by atoms with Gasteiger partial charge in [-0.3, -0.25) is 9.00 Å². The van der Waals surface area contributed by atoms with Crippen molar-refractivity contribution in [2.75, 3.05) is 12.8 Å². The van der Waals surface area contributed by atoms with E-state index in [1.54, 1.807) is 13.2 Å². The number of urea groups is 1. The van der Waals surface area contributed by atoms with Crippen LogP contribution in [0.2, 0.25) is 0 Å². The van der Waals surface area contributed by atoms with Gasteiger partial charge in [-0.25, -0.2) is 4.79 Å². The van der Waals surface area contributed by atoms with Crippen LogP contribution in [-0.4, -0.2) is 45.4 Å². The molecule has 0 bridgehead atoms. The van der Waals surface area contributed by atoms with E-state index in [2.05, 4.69) is 10.6 Å². The molecule has 6 nitrogen and oxygen atoms in total. The van der Waals surface area contributed by atoms with Crippen molar-refractivity contribution in [3.05, 3.63) is 0 Å². The molecule has 0 aliphatic heterocycles.